The van der Waals surface area contributed by atoms with Crippen LogP contribution in [0.1, 0.15) is 23.2 Å². The van der Waals surface area contributed by atoms with Gasteiger partial charge in [-0.1, -0.05) is 11.6 Å². The van der Waals surface area contributed by atoms with Crippen LogP contribution in [0.2, 0.25) is 5.02 Å². The number of amides is 1. The van der Waals surface area contributed by atoms with Gasteiger partial charge in [-0.3, -0.25) is 9.59 Å². The molecule has 0 bridgehead atoms. The normalized spacial score (nSPS) is 15.7. The molecule has 1 aromatic rings. The fourth-order valence-electron chi connectivity index (χ4n) is 1.82. The van der Waals surface area contributed by atoms with Gasteiger partial charge in [0, 0.05) is 11.6 Å². The third kappa shape index (κ3) is 2.81. The van der Waals surface area contributed by atoms with Crippen molar-refractivity contribution < 1.29 is 19.4 Å². The fourth-order valence-corrected chi connectivity index (χ4v) is 1.99. The van der Waals surface area contributed by atoms with Gasteiger partial charge < -0.3 is 15.2 Å². The van der Waals surface area contributed by atoms with Gasteiger partial charge in [0.15, 0.2) is 0 Å². The van der Waals surface area contributed by atoms with E-state index in [-0.39, 0.29) is 12.5 Å². The van der Waals surface area contributed by atoms with Crippen molar-refractivity contribution in [1.82, 2.24) is 5.32 Å². The van der Waals surface area contributed by atoms with E-state index in [2.05, 4.69) is 5.32 Å². The molecule has 0 aromatic heterocycles. The molecule has 1 fully saturated rings. The molecule has 0 unspecified atom stereocenters. The van der Waals surface area contributed by atoms with E-state index in [9.17, 15) is 9.59 Å². The van der Waals surface area contributed by atoms with Crippen molar-refractivity contribution in [3.63, 3.8) is 0 Å². The van der Waals surface area contributed by atoms with Crippen LogP contribution in [0.25, 0.3) is 0 Å². The van der Waals surface area contributed by atoms with Crippen molar-refractivity contribution in [1.29, 1.82) is 0 Å². The van der Waals surface area contributed by atoms with Crippen molar-refractivity contribution in [2.75, 3.05) is 13.7 Å². The Labute approximate surface area is 115 Å². The summed E-state index contributed by atoms with van der Waals surface area (Å²) in [7, 11) is 1.46. The Morgan fingerprint density at radius 1 is 1.47 bits per heavy atom. The van der Waals surface area contributed by atoms with Gasteiger partial charge >= 0.3 is 5.97 Å². The quantitative estimate of drug-likeness (QED) is 0.866. The maximum atomic E-state index is 12.0. The Hall–Kier alpha value is -1.75. The van der Waals surface area contributed by atoms with Crippen LogP contribution in [0.5, 0.6) is 5.75 Å². The SMILES string of the molecule is COc1ccc(Cl)cc1C(=O)NCC1(C(=O)O)CC1. The van der Waals surface area contributed by atoms with Crippen molar-refractivity contribution >= 4 is 23.5 Å². The van der Waals surface area contributed by atoms with Crippen molar-refractivity contribution in [2.45, 2.75) is 12.8 Å². The maximum Gasteiger partial charge on any atom is 0.311 e. The second-order valence-electron chi connectivity index (χ2n) is 4.61. The molecule has 2 rings (SSSR count). The highest BCUT2D eigenvalue weighted by Gasteiger charge is 2.50. The molecule has 1 amide bonds. The Balaban J connectivity index is 2.08. The summed E-state index contributed by atoms with van der Waals surface area (Å²) in [6.45, 7) is 0.122. The smallest absolute Gasteiger partial charge is 0.311 e. The van der Waals surface area contributed by atoms with E-state index >= 15 is 0 Å². The number of methoxy groups -OCH3 is 1. The zero-order valence-corrected chi connectivity index (χ0v) is 11.2. The lowest BCUT2D eigenvalue weighted by atomic mass is 10.1. The minimum Gasteiger partial charge on any atom is -0.496 e. The molecule has 102 valence electrons. The van der Waals surface area contributed by atoms with Gasteiger partial charge in [-0.25, -0.2) is 0 Å². The minimum absolute atomic E-state index is 0.122. The van der Waals surface area contributed by atoms with Gasteiger partial charge in [0.05, 0.1) is 18.1 Å². The topological polar surface area (TPSA) is 75.6 Å². The second kappa shape index (κ2) is 5.09. The van der Waals surface area contributed by atoms with Gasteiger partial charge in [0.25, 0.3) is 5.91 Å². The van der Waals surface area contributed by atoms with E-state index in [1.165, 1.54) is 13.2 Å². The minimum atomic E-state index is -0.870. The summed E-state index contributed by atoms with van der Waals surface area (Å²) in [5.74, 6) is -0.847. The molecule has 1 aliphatic rings. The summed E-state index contributed by atoms with van der Waals surface area (Å²) in [6, 6.07) is 4.72. The molecule has 1 aromatic carbocycles. The first-order valence-electron chi connectivity index (χ1n) is 5.84. The van der Waals surface area contributed by atoms with E-state index in [4.69, 9.17) is 21.4 Å². The van der Waals surface area contributed by atoms with Gasteiger partial charge in [0.1, 0.15) is 5.75 Å². The molecule has 0 saturated heterocycles. The highest BCUT2D eigenvalue weighted by molar-refractivity contribution is 6.31. The third-order valence-electron chi connectivity index (χ3n) is 3.30. The molecule has 0 aliphatic heterocycles. The number of hydrogen-bond donors (Lipinski definition) is 2. The molecule has 2 N–H and O–H groups in total. The first-order chi connectivity index (χ1) is 8.98. The van der Waals surface area contributed by atoms with Gasteiger partial charge in [-0.05, 0) is 31.0 Å². The first kappa shape index (κ1) is 13.7. The summed E-state index contributed by atoms with van der Waals surface area (Å²) in [5.41, 5.74) is -0.488. The van der Waals surface area contributed by atoms with Crippen LogP contribution in [0, 0.1) is 5.41 Å². The Morgan fingerprint density at radius 3 is 2.68 bits per heavy atom. The third-order valence-corrected chi connectivity index (χ3v) is 3.54. The number of carboxylic acids is 1. The summed E-state index contributed by atoms with van der Waals surface area (Å²) in [6.07, 6.45) is 1.19. The lowest BCUT2D eigenvalue weighted by molar-refractivity contribution is -0.143. The number of ether oxygens (including phenoxy) is 1. The average molecular weight is 284 g/mol. The molecule has 6 heteroatoms. The van der Waals surface area contributed by atoms with Crippen molar-refractivity contribution in [2.24, 2.45) is 5.41 Å². The lowest BCUT2D eigenvalue weighted by Crippen LogP contribution is -2.34. The fraction of sp³-hybridized carbons (Fsp3) is 0.385. The summed E-state index contributed by atoms with van der Waals surface area (Å²) in [4.78, 5) is 23.0. The molecule has 1 aliphatic carbocycles. The Morgan fingerprint density at radius 2 is 2.16 bits per heavy atom. The zero-order valence-electron chi connectivity index (χ0n) is 10.4. The molecule has 0 spiro atoms. The van der Waals surface area contributed by atoms with E-state index in [1.807, 2.05) is 0 Å². The standard InChI is InChI=1S/C13H14ClNO4/c1-19-10-3-2-8(14)6-9(10)11(16)15-7-13(4-5-13)12(17)18/h2-3,6H,4-5,7H2,1H3,(H,15,16)(H,17,18). The highest BCUT2D eigenvalue weighted by Crippen LogP contribution is 2.45. The van der Waals surface area contributed by atoms with Crippen LogP contribution in [0.3, 0.4) is 0 Å². The lowest BCUT2D eigenvalue weighted by Gasteiger charge is -2.13. The first-order valence-corrected chi connectivity index (χ1v) is 6.21. The predicted molar refractivity (Wildman–Crippen MR) is 69.6 cm³/mol. The van der Waals surface area contributed by atoms with E-state index in [0.717, 1.165) is 0 Å². The van der Waals surface area contributed by atoms with Crippen LogP contribution >= 0.6 is 11.6 Å². The number of carbonyl (C=O) groups is 2. The van der Waals surface area contributed by atoms with Crippen molar-refractivity contribution in [3.8, 4) is 5.75 Å². The molecule has 19 heavy (non-hydrogen) atoms. The van der Waals surface area contributed by atoms with Crippen LogP contribution in [-0.4, -0.2) is 30.6 Å². The van der Waals surface area contributed by atoms with Crippen LogP contribution in [0.4, 0.5) is 0 Å². The summed E-state index contributed by atoms with van der Waals surface area (Å²) < 4.78 is 5.08. The average Bonchev–Trinajstić information content (AvgIpc) is 3.17. The predicted octanol–water partition coefficient (Wildman–Crippen LogP) is 1.94. The zero-order chi connectivity index (χ0) is 14.0. The molecule has 0 heterocycles. The number of nitrogens with one attached hydrogen (secondary N) is 1. The second-order valence-corrected chi connectivity index (χ2v) is 5.05. The van der Waals surface area contributed by atoms with Gasteiger partial charge in [-0.15, -0.1) is 0 Å². The number of aliphatic carboxylic acids is 1. The van der Waals surface area contributed by atoms with Crippen LogP contribution < -0.4 is 10.1 Å². The molecular formula is C13H14ClNO4. The number of hydrogen-bond acceptors (Lipinski definition) is 3. The number of benzene rings is 1. The molecule has 1 saturated carbocycles. The van der Waals surface area contributed by atoms with Crippen LogP contribution in [0.15, 0.2) is 18.2 Å². The summed E-state index contributed by atoms with van der Waals surface area (Å²) >= 11 is 5.84. The van der Waals surface area contributed by atoms with E-state index < -0.39 is 11.4 Å². The molecule has 0 atom stereocenters. The number of halogens is 1. The molecule has 0 radical (unpaired) electrons. The van der Waals surface area contributed by atoms with Gasteiger partial charge in [0.2, 0.25) is 0 Å². The Bertz CT molecular complexity index is 525. The monoisotopic (exact) mass is 283 g/mol. The maximum absolute atomic E-state index is 12.0. The number of carboxylic acid groups (broad SMARTS) is 1. The van der Waals surface area contributed by atoms with E-state index in [1.54, 1.807) is 12.1 Å². The summed E-state index contributed by atoms with van der Waals surface area (Å²) in [5, 5.41) is 12.1. The largest absolute Gasteiger partial charge is 0.496 e. The van der Waals surface area contributed by atoms with Crippen molar-refractivity contribution in [3.05, 3.63) is 28.8 Å². The van der Waals surface area contributed by atoms with Gasteiger partial charge in [-0.2, -0.15) is 0 Å². The molecular weight excluding hydrogens is 270 g/mol. The highest BCUT2D eigenvalue weighted by atomic mass is 35.5. The Kier molecular flexibility index (Phi) is 3.66. The van der Waals surface area contributed by atoms with E-state index in [0.29, 0.717) is 29.2 Å². The van der Waals surface area contributed by atoms with Crippen LogP contribution in [-0.2, 0) is 4.79 Å². The number of carbonyl (C=O) groups excluding carboxylic acids is 1. The number of rotatable bonds is 5. The molecule has 5 nitrogen and oxygen atoms in total.